The van der Waals surface area contributed by atoms with Crippen molar-refractivity contribution in [1.29, 1.82) is 0 Å². The number of H-pyrrole nitrogens is 1. The maximum absolute atomic E-state index is 11.4. The Balaban J connectivity index is 1.85. The van der Waals surface area contributed by atoms with Crippen molar-refractivity contribution in [3.05, 3.63) is 47.8 Å². The van der Waals surface area contributed by atoms with E-state index in [-0.39, 0.29) is 5.91 Å². The summed E-state index contributed by atoms with van der Waals surface area (Å²) in [6.07, 6.45) is 2.15. The zero-order chi connectivity index (χ0) is 13.5. The number of nitrogens with one attached hydrogen (secondary N) is 3. The highest BCUT2D eigenvalue weighted by Crippen LogP contribution is 2.11. The van der Waals surface area contributed by atoms with Crippen LogP contribution in [0, 0.1) is 0 Å². The van der Waals surface area contributed by atoms with E-state index in [2.05, 4.69) is 20.8 Å². The highest BCUT2D eigenvalue weighted by molar-refractivity contribution is 5.78. The average Bonchev–Trinajstić information content (AvgIpc) is 2.91. The lowest BCUT2D eigenvalue weighted by Gasteiger charge is -2.06. The predicted molar refractivity (Wildman–Crippen MR) is 74.7 cm³/mol. The second-order valence-electron chi connectivity index (χ2n) is 4.26. The lowest BCUT2D eigenvalue weighted by atomic mass is 10.1. The van der Waals surface area contributed by atoms with Crippen molar-refractivity contribution < 1.29 is 4.79 Å². The van der Waals surface area contributed by atoms with Gasteiger partial charge in [0.15, 0.2) is 0 Å². The molecule has 0 unspecified atom stereocenters. The molecule has 1 heterocycles. The number of carbonyl (C=O) groups excluding carboxylic acids is 1. The SMILES string of the molecule is CCNC(=O)Cc1ccc(NCc2ccn[nH]2)cc1. The number of anilines is 1. The van der Waals surface area contributed by atoms with E-state index >= 15 is 0 Å². The monoisotopic (exact) mass is 258 g/mol. The first-order chi connectivity index (χ1) is 9.28. The van der Waals surface area contributed by atoms with Gasteiger partial charge in [0.1, 0.15) is 0 Å². The molecule has 1 aromatic heterocycles. The number of carbonyl (C=O) groups is 1. The zero-order valence-electron chi connectivity index (χ0n) is 10.9. The molecule has 3 N–H and O–H groups in total. The standard InChI is InChI=1S/C14H18N4O/c1-2-15-14(19)9-11-3-5-12(6-4-11)16-10-13-7-8-17-18-13/h3-8,16H,2,9-10H2,1H3,(H,15,19)(H,17,18). The summed E-state index contributed by atoms with van der Waals surface area (Å²) in [5.41, 5.74) is 3.07. The summed E-state index contributed by atoms with van der Waals surface area (Å²) < 4.78 is 0. The van der Waals surface area contributed by atoms with Crippen molar-refractivity contribution in [3.8, 4) is 0 Å². The number of hydrogen-bond acceptors (Lipinski definition) is 3. The van der Waals surface area contributed by atoms with E-state index in [0.29, 0.717) is 19.5 Å². The van der Waals surface area contributed by atoms with Gasteiger partial charge in [0.25, 0.3) is 0 Å². The molecule has 1 aromatic carbocycles. The molecule has 2 aromatic rings. The van der Waals surface area contributed by atoms with Gasteiger partial charge >= 0.3 is 0 Å². The topological polar surface area (TPSA) is 69.8 Å². The van der Waals surface area contributed by atoms with Gasteiger partial charge in [-0.3, -0.25) is 9.89 Å². The zero-order valence-corrected chi connectivity index (χ0v) is 10.9. The van der Waals surface area contributed by atoms with E-state index in [4.69, 9.17) is 0 Å². The van der Waals surface area contributed by atoms with Crippen LogP contribution >= 0.6 is 0 Å². The first kappa shape index (κ1) is 13.1. The van der Waals surface area contributed by atoms with Crippen LogP contribution in [-0.2, 0) is 17.8 Å². The number of rotatable bonds is 6. The quantitative estimate of drug-likeness (QED) is 0.738. The number of amides is 1. The normalized spacial score (nSPS) is 10.2. The van der Waals surface area contributed by atoms with Crippen LogP contribution in [0.4, 0.5) is 5.69 Å². The minimum absolute atomic E-state index is 0.0562. The molecular formula is C14H18N4O. The van der Waals surface area contributed by atoms with Crippen molar-refractivity contribution in [2.24, 2.45) is 0 Å². The molecular weight excluding hydrogens is 240 g/mol. The lowest BCUT2D eigenvalue weighted by Crippen LogP contribution is -2.24. The maximum atomic E-state index is 11.4. The molecule has 0 fully saturated rings. The summed E-state index contributed by atoms with van der Waals surface area (Å²) in [4.78, 5) is 11.4. The summed E-state index contributed by atoms with van der Waals surface area (Å²) in [6.45, 7) is 3.29. The van der Waals surface area contributed by atoms with Gasteiger partial charge in [0, 0.05) is 18.4 Å². The van der Waals surface area contributed by atoms with Gasteiger partial charge in [0.2, 0.25) is 5.91 Å². The second kappa shape index (κ2) is 6.58. The molecule has 0 atom stereocenters. The molecule has 0 spiro atoms. The van der Waals surface area contributed by atoms with E-state index in [1.54, 1.807) is 6.20 Å². The highest BCUT2D eigenvalue weighted by Gasteiger charge is 2.02. The van der Waals surface area contributed by atoms with E-state index in [9.17, 15) is 4.79 Å². The fraction of sp³-hybridized carbons (Fsp3) is 0.286. The summed E-state index contributed by atoms with van der Waals surface area (Å²) >= 11 is 0. The van der Waals surface area contributed by atoms with Crippen molar-refractivity contribution >= 4 is 11.6 Å². The molecule has 0 bridgehead atoms. The summed E-state index contributed by atoms with van der Waals surface area (Å²) in [5.74, 6) is 0.0562. The third-order valence-corrected chi connectivity index (χ3v) is 2.73. The number of benzene rings is 1. The minimum Gasteiger partial charge on any atom is -0.379 e. The molecule has 0 aliphatic carbocycles. The molecule has 5 nitrogen and oxygen atoms in total. The van der Waals surface area contributed by atoms with Crippen LogP contribution in [0.25, 0.3) is 0 Å². The Morgan fingerprint density at radius 3 is 2.68 bits per heavy atom. The molecule has 0 saturated carbocycles. The first-order valence-corrected chi connectivity index (χ1v) is 6.35. The summed E-state index contributed by atoms with van der Waals surface area (Å²) in [7, 11) is 0. The minimum atomic E-state index is 0.0562. The van der Waals surface area contributed by atoms with Crippen molar-refractivity contribution in [2.75, 3.05) is 11.9 Å². The molecule has 5 heteroatoms. The Morgan fingerprint density at radius 2 is 2.05 bits per heavy atom. The number of aromatic nitrogens is 2. The number of likely N-dealkylation sites (N-methyl/N-ethyl adjacent to an activating group) is 1. The number of nitrogens with zero attached hydrogens (tertiary/aromatic N) is 1. The summed E-state index contributed by atoms with van der Waals surface area (Å²) in [5, 5.41) is 12.9. The Bertz CT molecular complexity index is 505. The van der Waals surface area contributed by atoms with Crippen molar-refractivity contribution in [2.45, 2.75) is 19.9 Å². The molecule has 0 saturated heterocycles. The fourth-order valence-electron chi connectivity index (χ4n) is 1.77. The van der Waals surface area contributed by atoms with Gasteiger partial charge in [-0.05, 0) is 30.7 Å². The smallest absolute Gasteiger partial charge is 0.224 e. The Labute approximate surface area is 112 Å². The third kappa shape index (κ3) is 4.13. The Kier molecular flexibility index (Phi) is 4.55. The van der Waals surface area contributed by atoms with Crippen LogP contribution in [0.2, 0.25) is 0 Å². The van der Waals surface area contributed by atoms with Crippen LogP contribution in [0.15, 0.2) is 36.5 Å². The van der Waals surface area contributed by atoms with Gasteiger partial charge in [-0.2, -0.15) is 5.10 Å². The average molecular weight is 258 g/mol. The Morgan fingerprint density at radius 1 is 1.26 bits per heavy atom. The highest BCUT2D eigenvalue weighted by atomic mass is 16.1. The molecule has 0 aliphatic heterocycles. The number of hydrogen-bond donors (Lipinski definition) is 3. The van der Waals surface area contributed by atoms with Crippen molar-refractivity contribution in [1.82, 2.24) is 15.5 Å². The number of aromatic amines is 1. The van der Waals surface area contributed by atoms with Crippen LogP contribution in [0.1, 0.15) is 18.2 Å². The van der Waals surface area contributed by atoms with Gasteiger partial charge in [-0.25, -0.2) is 0 Å². The molecule has 100 valence electrons. The van der Waals surface area contributed by atoms with E-state index in [0.717, 1.165) is 16.9 Å². The van der Waals surface area contributed by atoms with Crippen LogP contribution in [0.3, 0.4) is 0 Å². The molecule has 0 radical (unpaired) electrons. The second-order valence-corrected chi connectivity index (χ2v) is 4.26. The summed E-state index contributed by atoms with van der Waals surface area (Å²) in [6, 6.07) is 9.81. The van der Waals surface area contributed by atoms with Gasteiger partial charge in [-0.1, -0.05) is 12.1 Å². The van der Waals surface area contributed by atoms with Crippen LogP contribution < -0.4 is 10.6 Å². The van der Waals surface area contributed by atoms with Crippen molar-refractivity contribution in [3.63, 3.8) is 0 Å². The first-order valence-electron chi connectivity index (χ1n) is 6.35. The molecule has 0 aliphatic rings. The maximum Gasteiger partial charge on any atom is 0.224 e. The van der Waals surface area contributed by atoms with E-state index in [1.807, 2.05) is 37.3 Å². The Hall–Kier alpha value is -2.30. The third-order valence-electron chi connectivity index (χ3n) is 2.73. The van der Waals surface area contributed by atoms with Crippen LogP contribution in [0.5, 0.6) is 0 Å². The van der Waals surface area contributed by atoms with Gasteiger partial charge in [0.05, 0.1) is 18.7 Å². The van der Waals surface area contributed by atoms with Crippen LogP contribution in [-0.4, -0.2) is 22.6 Å². The molecule has 19 heavy (non-hydrogen) atoms. The molecule has 1 amide bonds. The van der Waals surface area contributed by atoms with E-state index < -0.39 is 0 Å². The van der Waals surface area contributed by atoms with E-state index in [1.165, 1.54) is 0 Å². The molecule has 2 rings (SSSR count). The largest absolute Gasteiger partial charge is 0.379 e. The fourth-order valence-corrected chi connectivity index (χ4v) is 1.77. The van der Waals surface area contributed by atoms with Gasteiger partial charge in [-0.15, -0.1) is 0 Å². The predicted octanol–water partition coefficient (Wildman–Crippen LogP) is 1.70. The lowest BCUT2D eigenvalue weighted by molar-refractivity contribution is -0.120. The van der Waals surface area contributed by atoms with Gasteiger partial charge < -0.3 is 10.6 Å².